The molecule has 2 heterocycles. The van der Waals surface area contributed by atoms with Crippen LogP contribution >= 0.6 is 11.8 Å². The van der Waals surface area contributed by atoms with Crippen LogP contribution in [0.15, 0.2) is 0 Å². The summed E-state index contributed by atoms with van der Waals surface area (Å²) < 4.78 is 0. The van der Waals surface area contributed by atoms with Gasteiger partial charge in [-0.2, -0.15) is 0 Å². The summed E-state index contributed by atoms with van der Waals surface area (Å²) in [5, 5.41) is 12.9. The number of hydrogen-bond acceptors (Lipinski definition) is 4. The molecule has 1 amide bonds. The summed E-state index contributed by atoms with van der Waals surface area (Å²) in [5.41, 5.74) is -0.399. The van der Waals surface area contributed by atoms with E-state index in [0.29, 0.717) is 18.2 Å². The number of nitrogens with zero attached hydrogens (tertiary/aromatic N) is 1. The first-order valence-corrected chi connectivity index (χ1v) is 9.02. The third-order valence-electron chi connectivity index (χ3n) is 5.18. The lowest BCUT2D eigenvalue weighted by atomic mass is 9.76. The van der Waals surface area contributed by atoms with E-state index in [1.807, 2.05) is 0 Å². The van der Waals surface area contributed by atoms with E-state index in [4.69, 9.17) is 0 Å². The third kappa shape index (κ3) is 2.68. The Kier molecular flexibility index (Phi) is 4.19. The van der Waals surface area contributed by atoms with E-state index >= 15 is 0 Å². The van der Waals surface area contributed by atoms with E-state index in [9.17, 15) is 14.7 Å². The summed E-state index contributed by atoms with van der Waals surface area (Å²) in [6, 6.07) is -0.640. The van der Waals surface area contributed by atoms with Crippen molar-refractivity contribution in [3.63, 3.8) is 0 Å². The van der Waals surface area contributed by atoms with Gasteiger partial charge in [-0.05, 0) is 44.6 Å². The topological polar surface area (TPSA) is 69.6 Å². The Labute approximate surface area is 129 Å². The molecule has 2 N–H and O–H groups in total. The second kappa shape index (κ2) is 5.80. The average molecular weight is 312 g/mol. The Balaban J connectivity index is 1.86. The summed E-state index contributed by atoms with van der Waals surface area (Å²) in [4.78, 5) is 26.5. The predicted molar refractivity (Wildman–Crippen MR) is 82.1 cm³/mol. The number of carboxylic acid groups (broad SMARTS) is 1. The molecule has 3 unspecified atom stereocenters. The molecule has 1 aliphatic carbocycles. The van der Waals surface area contributed by atoms with Crippen molar-refractivity contribution < 1.29 is 14.7 Å². The predicted octanol–water partition coefficient (Wildman–Crippen LogP) is 1.53. The molecule has 6 heteroatoms. The molecule has 5 nitrogen and oxygen atoms in total. The summed E-state index contributed by atoms with van der Waals surface area (Å²) >= 11 is 1.66. The van der Waals surface area contributed by atoms with Crippen LogP contribution < -0.4 is 5.32 Å². The maximum Gasteiger partial charge on any atom is 0.327 e. The minimum atomic E-state index is -0.853. The standard InChI is InChI=1S/C15H24N2O3S/c1-2-15(6-3-7-16-9-15)14(20)17-11(13(18)19)8-21-12(17)10-4-5-10/h10-12,16H,2-9H2,1H3,(H,18,19). The first-order valence-electron chi connectivity index (χ1n) is 7.97. The van der Waals surface area contributed by atoms with Crippen molar-refractivity contribution in [2.45, 2.75) is 50.4 Å². The molecular weight excluding hydrogens is 288 g/mol. The third-order valence-corrected chi connectivity index (χ3v) is 6.64. The molecule has 0 radical (unpaired) electrons. The van der Waals surface area contributed by atoms with Crippen molar-refractivity contribution in [2.24, 2.45) is 11.3 Å². The number of thioether (sulfide) groups is 1. The number of carbonyl (C=O) groups is 2. The van der Waals surface area contributed by atoms with Gasteiger partial charge < -0.3 is 15.3 Å². The van der Waals surface area contributed by atoms with Gasteiger partial charge >= 0.3 is 5.97 Å². The van der Waals surface area contributed by atoms with Crippen LogP contribution in [0.5, 0.6) is 0 Å². The lowest BCUT2D eigenvalue weighted by Gasteiger charge is -2.41. The monoisotopic (exact) mass is 312 g/mol. The molecule has 3 atom stereocenters. The quantitative estimate of drug-likeness (QED) is 0.824. The van der Waals surface area contributed by atoms with Gasteiger partial charge in [0.05, 0.1) is 10.8 Å². The number of carboxylic acids is 1. The zero-order valence-electron chi connectivity index (χ0n) is 12.5. The fraction of sp³-hybridized carbons (Fsp3) is 0.867. The highest BCUT2D eigenvalue weighted by atomic mass is 32.2. The highest BCUT2D eigenvalue weighted by molar-refractivity contribution is 8.00. The van der Waals surface area contributed by atoms with Gasteiger partial charge in [-0.3, -0.25) is 4.79 Å². The Bertz CT molecular complexity index is 433. The number of amides is 1. The van der Waals surface area contributed by atoms with Crippen molar-refractivity contribution >= 4 is 23.6 Å². The molecule has 3 rings (SSSR count). The molecule has 0 aromatic rings. The Morgan fingerprint density at radius 3 is 2.71 bits per heavy atom. The van der Waals surface area contributed by atoms with Crippen molar-refractivity contribution in [3.05, 3.63) is 0 Å². The van der Waals surface area contributed by atoms with E-state index in [0.717, 1.165) is 38.6 Å². The lowest BCUT2D eigenvalue weighted by molar-refractivity contribution is -0.155. The van der Waals surface area contributed by atoms with E-state index in [2.05, 4.69) is 12.2 Å². The minimum Gasteiger partial charge on any atom is -0.480 e. The number of aliphatic carboxylic acids is 1. The van der Waals surface area contributed by atoms with E-state index < -0.39 is 17.4 Å². The molecule has 0 aromatic heterocycles. The fourth-order valence-electron chi connectivity index (χ4n) is 3.60. The SMILES string of the molecule is CCC1(C(=O)N2C(C(=O)O)CSC2C2CC2)CCCNC1. The van der Waals surface area contributed by atoms with Crippen molar-refractivity contribution in [1.82, 2.24) is 10.2 Å². The van der Waals surface area contributed by atoms with Gasteiger partial charge in [0.1, 0.15) is 6.04 Å². The smallest absolute Gasteiger partial charge is 0.327 e. The van der Waals surface area contributed by atoms with Gasteiger partial charge in [0.2, 0.25) is 5.91 Å². The number of hydrogen-bond donors (Lipinski definition) is 2. The summed E-state index contributed by atoms with van der Waals surface area (Å²) in [6.45, 7) is 3.70. The molecule has 0 bridgehead atoms. The normalized spacial score (nSPS) is 36.7. The van der Waals surface area contributed by atoms with Gasteiger partial charge in [-0.15, -0.1) is 11.8 Å². The van der Waals surface area contributed by atoms with E-state index in [1.54, 1.807) is 16.7 Å². The van der Waals surface area contributed by atoms with Crippen LogP contribution in [0.4, 0.5) is 0 Å². The highest BCUT2D eigenvalue weighted by Gasteiger charge is 2.52. The van der Waals surface area contributed by atoms with Crippen molar-refractivity contribution in [1.29, 1.82) is 0 Å². The van der Waals surface area contributed by atoms with Gasteiger partial charge in [0.15, 0.2) is 0 Å². The molecule has 3 fully saturated rings. The van der Waals surface area contributed by atoms with Gasteiger partial charge in [0.25, 0.3) is 0 Å². The van der Waals surface area contributed by atoms with Crippen LogP contribution in [0.3, 0.4) is 0 Å². The Hall–Kier alpha value is -0.750. The van der Waals surface area contributed by atoms with Gasteiger partial charge in [0, 0.05) is 12.3 Å². The van der Waals surface area contributed by atoms with Crippen LogP contribution in [0.2, 0.25) is 0 Å². The molecule has 21 heavy (non-hydrogen) atoms. The van der Waals surface area contributed by atoms with Crippen molar-refractivity contribution in [2.75, 3.05) is 18.8 Å². The zero-order chi connectivity index (χ0) is 15.0. The fourth-order valence-corrected chi connectivity index (χ4v) is 5.23. The van der Waals surface area contributed by atoms with Gasteiger partial charge in [-0.1, -0.05) is 6.92 Å². The average Bonchev–Trinajstić information content (AvgIpc) is 3.25. The van der Waals surface area contributed by atoms with Crippen LogP contribution in [0, 0.1) is 11.3 Å². The second-order valence-corrected chi connectivity index (χ2v) is 7.69. The molecule has 1 saturated carbocycles. The molecule has 118 valence electrons. The molecule has 0 spiro atoms. The molecule has 3 aliphatic rings. The van der Waals surface area contributed by atoms with Crippen LogP contribution in [0.1, 0.15) is 39.0 Å². The van der Waals surface area contributed by atoms with E-state index in [-0.39, 0.29) is 11.3 Å². The minimum absolute atomic E-state index is 0.0755. The summed E-state index contributed by atoms with van der Waals surface area (Å²) in [6.07, 6.45) is 4.91. The van der Waals surface area contributed by atoms with Crippen LogP contribution in [-0.2, 0) is 9.59 Å². The Morgan fingerprint density at radius 1 is 1.43 bits per heavy atom. The maximum atomic E-state index is 13.2. The van der Waals surface area contributed by atoms with Crippen molar-refractivity contribution in [3.8, 4) is 0 Å². The van der Waals surface area contributed by atoms with E-state index in [1.165, 1.54) is 0 Å². The highest BCUT2D eigenvalue weighted by Crippen LogP contribution is 2.47. The zero-order valence-corrected chi connectivity index (χ0v) is 13.3. The second-order valence-electron chi connectivity index (χ2n) is 6.54. The number of nitrogens with one attached hydrogen (secondary N) is 1. The summed E-state index contributed by atoms with van der Waals surface area (Å²) in [5.74, 6) is 0.268. The first-order chi connectivity index (χ1) is 10.1. The Morgan fingerprint density at radius 2 is 2.19 bits per heavy atom. The molecule has 2 saturated heterocycles. The number of piperidine rings is 1. The molecular formula is C15H24N2O3S. The van der Waals surface area contributed by atoms with Gasteiger partial charge in [-0.25, -0.2) is 4.79 Å². The lowest BCUT2D eigenvalue weighted by Crippen LogP contribution is -2.56. The number of rotatable bonds is 4. The molecule has 0 aromatic carbocycles. The maximum absolute atomic E-state index is 13.2. The first kappa shape index (κ1) is 15.2. The largest absolute Gasteiger partial charge is 0.480 e. The molecule has 2 aliphatic heterocycles. The van der Waals surface area contributed by atoms with Crippen LogP contribution in [0.25, 0.3) is 0 Å². The van der Waals surface area contributed by atoms with Crippen LogP contribution in [-0.4, -0.2) is 52.1 Å². The summed E-state index contributed by atoms with van der Waals surface area (Å²) in [7, 11) is 0. The number of carbonyl (C=O) groups excluding carboxylic acids is 1.